The summed E-state index contributed by atoms with van der Waals surface area (Å²) in [5, 5.41) is 11.1. The van der Waals surface area contributed by atoms with Crippen molar-refractivity contribution in [1.29, 1.82) is 0 Å². The number of amides is 1. The smallest absolute Gasteiger partial charge is 0.339 e. The number of anilines is 1. The van der Waals surface area contributed by atoms with Crippen molar-refractivity contribution >= 4 is 17.7 Å². The summed E-state index contributed by atoms with van der Waals surface area (Å²) in [7, 11) is 0. The lowest BCUT2D eigenvalue weighted by molar-refractivity contribution is -0.117. The average Bonchev–Trinajstić information content (AvgIpc) is 2.35. The number of nitrogens with zero attached hydrogens (tertiary/aromatic N) is 1. The second-order valence-electron chi connectivity index (χ2n) is 3.47. The van der Waals surface area contributed by atoms with E-state index in [2.05, 4.69) is 15.0 Å². The highest BCUT2D eigenvalue weighted by Gasteiger charge is 2.13. The minimum atomic E-state index is -2.59. The molecule has 0 radical (unpaired) electrons. The number of hydrogen-bond donors (Lipinski definition) is 2. The predicted molar refractivity (Wildman–Crippen MR) is 61.3 cm³/mol. The monoisotopic (exact) mass is 274 g/mol. The molecule has 0 aliphatic heterocycles. The SMILES string of the molecule is O=C(CCOCC(F)F)Nc1ncccc1C(=O)O. The summed E-state index contributed by atoms with van der Waals surface area (Å²) in [4.78, 5) is 26.0. The van der Waals surface area contributed by atoms with Gasteiger partial charge in [-0.3, -0.25) is 4.79 Å². The molecule has 0 unspecified atom stereocenters. The molecule has 1 heterocycles. The number of aromatic carboxylic acids is 1. The summed E-state index contributed by atoms with van der Waals surface area (Å²) in [6.45, 7) is -0.914. The third-order valence-corrected chi connectivity index (χ3v) is 2.01. The zero-order valence-electron chi connectivity index (χ0n) is 9.81. The van der Waals surface area contributed by atoms with E-state index in [4.69, 9.17) is 5.11 Å². The van der Waals surface area contributed by atoms with Crippen molar-refractivity contribution in [3.8, 4) is 0 Å². The van der Waals surface area contributed by atoms with Gasteiger partial charge in [0, 0.05) is 6.20 Å². The molecule has 0 saturated heterocycles. The molecule has 2 N–H and O–H groups in total. The Bertz CT molecular complexity index is 454. The Morgan fingerprint density at radius 1 is 1.47 bits per heavy atom. The minimum Gasteiger partial charge on any atom is -0.478 e. The number of aromatic nitrogens is 1. The molecule has 104 valence electrons. The van der Waals surface area contributed by atoms with Crippen LogP contribution in [-0.2, 0) is 9.53 Å². The van der Waals surface area contributed by atoms with Crippen LogP contribution in [0.5, 0.6) is 0 Å². The van der Waals surface area contributed by atoms with Crippen LogP contribution in [0.3, 0.4) is 0 Å². The molecule has 19 heavy (non-hydrogen) atoms. The van der Waals surface area contributed by atoms with Crippen LogP contribution in [0.1, 0.15) is 16.8 Å². The third-order valence-electron chi connectivity index (χ3n) is 2.01. The second kappa shape index (κ2) is 7.37. The first-order chi connectivity index (χ1) is 9.00. The van der Waals surface area contributed by atoms with Crippen LogP contribution >= 0.6 is 0 Å². The average molecular weight is 274 g/mol. The maximum atomic E-state index is 11.7. The molecule has 0 atom stereocenters. The van der Waals surface area contributed by atoms with Gasteiger partial charge in [0.15, 0.2) is 0 Å². The molecule has 0 aliphatic rings. The van der Waals surface area contributed by atoms with Crippen LogP contribution < -0.4 is 5.32 Å². The lowest BCUT2D eigenvalue weighted by Crippen LogP contribution is -2.18. The minimum absolute atomic E-state index is 0.0890. The van der Waals surface area contributed by atoms with Crippen molar-refractivity contribution in [2.45, 2.75) is 12.8 Å². The first kappa shape index (κ1) is 15.0. The van der Waals surface area contributed by atoms with Gasteiger partial charge in [0.2, 0.25) is 5.91 Å². The zero-order chi connectivity index (χ0) is 14.3. The number of alkyl halides is 2. The van der Waals surface area contributed by atoms with Gasteiger partial charge in [0.05, 0.1) is 13.0 Å². The van der Waals surface area contributed by atoms with Crippen molar-refractivity contribution in [2.24, 2.45) is 0 Å². The van der Waals surface area contributed by atoms with E-state index in [-0.39, 0.29) is 24.4 Å². The van der Waals surface area contributed by atoms with E-state index in [0.717, 1.165) is 0 Å². The van der Waals surface area contributed by atoms with Crippen LogP contribution in [0, 0.1) is 0 Å². The Morgan fingerprint density at radius 2 is 2.21 bits per heavy atom. The Labute approximate surface area is 107 Å². The lowest BCUT2D eigenvalue weighted by atomic mass is 10.2. The number of carbonyl (C=O) groups is 2. The van der Waals surface area contributed by atoms with E-state index < -0.39 is 24.9 Å². The Kier molecular flexibility index (Phi) is 5.80. The molecule has 0 fully saturated rings. The van der Waals surface area contributed by atoms with E-state index in [0.29, 0.717) is 0 Å². The van der Waals surface area contributed by atoms with Crippen molar-refractivity contribution in [1.82, 2.24) is 4.98 Å². The normalized spacial score (nSPS) is 10.5. The molecular weight excluding hydrogens is 262 g/mol. The fourth-order valence-electron chi connectivity index (χ4n) is 1.21. The summed E-state index contributed by atoms with van der Waals surface area (Å²) >= 11 is 0. The molecular formula is C11H12F2N2O4. The fourth-order valence-corrected chi connectivity index (χ4v) is 1.21. The number of hydrogen-bond acceptors (Lipinski definition) is 4. The van der Waals surface area contributed by atoms with Gasteiger partial charge in [-0.1, -0.05) is 0 Å². The quantitative estimate of drug-likeness (QED) is 0.733. The van der Waals surface area contributed by atoms with Gasteiger partial charge < -0.3 is 15.2 Å². The van der Waals surface area contributed by atoms with E-state index in [1.807, 2.05) is 0 Å². The number of carboxylic acids is 1. The van der Waals surface area contributed by atoms with Gasteiger partial charge in [-0.05, 0) is 12.1 Å². The van der Waals surface area contributed by atoms with Gasteiger partial charge in [0.25, 0.3) is 6.43 Å². The molecule has 0 saturated carbocycles. The fraction of sp³-hybridized carbons (Fsp3) is 0.364. The molecule has 1 rings (SSSR count). The third kappa shape index (κ3) is 5.38. The number of rotatable bonds is 7. The summed E-state index contributed by atoms with van der Waals surface area (Å²) in [5.74, 6) is -1.87. The second-order valence-corrected chi connectivity index (χ2v) is 3.47. The number of pyridine rings is 1. The van der Waals surface area contributed by atoms with E-state index in [9.17, 15) is 18.4 Å². The summed E-state index contributed by atoms with van der Waals surface area (Å²) in [5.41, 5.74) is -0.149. The molecule has 1 amide bonds. The summed E-state index contributed by atoms with van der Waals surface area (Å²) in [6, 6.07) is 2.71. The summed E-state index contributed by atoms with van der Waals surface area (Å²) < 4.78 is 28.0. The van der Waals surface area contributed by atoms with Crippen molar-refractivity contribution in [3.63, 3.8) is 0 Å². The lowest BCUT2D eigenvalue weighted by Gasteiger charge is -2.07. The van der Waals surface area contributed by atoms with Crippen molar-refractivity contribution in [2.75, 3.05) is 18.5 Å². The summed E-state index contributed by atoms with van der Waals surface area (Å²) in [6.07, 6.45) is -1.42. The Morgan fingerprint density at radius 3 is 2.84 bits per heavy atom. The van der Waals surface area contributed by atoms with Crippen LogP contribution in [0.4, 0.5) is 14.6 Å². The first-order valence-corrected chi connectivity index (χ1v) is 5.34. The highest BCUT2D eigenvalue weighted by Crippen LogP contribution is 2.11. The predicted octanol–water partition coefficient (Wildman–Crippen LogP) is 1.39. The van der Waals surface area contributed by atoms with E-state index in [1.54, 1.807) is 0 Å². The van der Waals surface area contributed by atoms with Crippen LogP contribution in [-0.4, -0.2) is 41.6 Å². The highest BCUT2D eigenvalue weighted by molar-refractivity contribution is 5.99. The highest BCUT2D eigenvalue weighted by atomic mass is 19.3. The number of nitrogens with one attached hydrogen (secondary N) is 1. The molecule has 8 heteroatoms. The van der Waals surface area contributed by atoms with Crippen LogP contribution in [0.25, 0.3) is 0 Å². The number of carboxylic acid groups (broad SMARTS) is 1. The largest absolute Gasteiger partial charge is 0.478 e. The van der Waals surface area contributed by atoms with Gasteiger partial charge in [0.1, 0.15) is 18.0 Å². The van der Waals surface area contributed by atoms with Crippen LogP contribution in [0.15, 0.2) is 18.3 Å². The molecule has 0 aromatic carbocycles. The van der Waals surface area contributed by atoms with Gasteiger partial charge in [-0.15, -0.1) is 0 Å². The van der Waals surface area contributed by atoms with Gasteiger partial charge in [-0.2, -0.15) is 0 Å². The van der Waals surface area contributed by atoms with E-state index >= 15 is 0 Å². The molecule has 1 aromatic heterocycles. The molecule has 0 spiro atoms. The first-order valence-electron chi connectivity index (χ1n) is 5.34. The molecule has 6 nitrogen and oxygen atoms in total. The van der Waals surface area contributed by atoms with E-state index in [1.165, 1.54) is 18.3 Å². The maximum absolute atomic E-state index is 11.7. The van der Waals surface area contributed by atoms with Crippen molar-refractivity contribution in [3.05, 3.63) is 23.9 Å². The number of ether oxygens (including phenoxy) is 1. The Hall–Kier alpha value is -2.09. The number of halogens is 2. The van der Waals surface area contributed by atoms with Gasteiger partial charge >= 0.3 is 5.97 Å². The topological polar surface area (TPSA) is 88.5 Å². The molecule has 1 aromatic rings. The van der Waals surface area contributed by atoms with Gasteiger partial charge in [-0.25, -0.2) is 18.6 Å². The molecule has 0 aliphatic carbocycles. The standard InChI is InChI=1S/C11H12F2N2O4/c12-8(13)6-19-5-3-9(16)15-10-7(11(17)18)2-1-4-14-10/h1-2,4,8H,3,5-6H2,(H,17,18)(H,14,15,16). The van der Waals surface area contributed by atoms with Crippen molar-refractivity contribution < 1.29 is 28.2 Å². The van der Waals surface area contributed by atoms with Crippen LogP contribution in [0.2, 0.25) is 0 Å². The maximum Gasteiger partial charge on any atom is 0.339 e. The Balaban J connectivity index is 2.46. The zero-order valence-corrected chi connectivity index (χ0v) is 9.81. The molecule has 0 bridgehead atoms. The number of carbonyl (C=O) groups excluding carboxylic acids is 1.